The molecule has 0 nitrogen and oxygen atoms in total. The second-order valence-corrected chi connectivity index (χ2v) is 3.19. The standard InChI is InChI=1S/C11H11FS/c1-9-5-6-10(8-11(9)12)4-2-3-7-13/h5-6,8,13H,3,7H2,1H3. The molecule has 0 aliphatic heterocycles. The minimum atomic E-state index is -0.197. The van der Waals surface area contributed by atoms with E-state index in [0.29, 0.717) is 5.56 Å². The van der Waals surface area contributed by atoms with E-state index < -0.39 is 0 Å². The summed E-state index contributed by atoms with van der Waals surface area (Å²) in [6.45, 7) is 1.74. The molecule has 0 unspecified atom stereocenters. The Morgan fingerprint density at radius 1 is 1.46 bits per heavy atom. The van der Waals surface area contributed by atoms with Crippen LogP contribution in [0.4, 0.5) is 4.39 Å². The van der Waals surface area contributed by atoms with Crippen LogP contribution < -0.4 is 0 Å². The fourth-order valence-corrected chi connectivity index (χ4v) is 1.00. The average molecular weight is 194 g/mol. The lowest BCUT2D eigenvalue weighted by Crippen LogP contribution is -1.83. The molecule has 0 aliphatic rings. The highest BCUT2D eigenvalue weighted by atomic mass is 32.1. The second-order valence-electron chi connectivity index (χ2n) is 2.74. The van der Waals surface area contributed by atoms with Gasteiger partial charge in [-0.2, -0.15) is 12.6 Å². The highest BCUT2D eigenvalue weighted by Gasteiger charge is 1.95. The quantitative estimate of drug-likeness (QED) is 0.516. The lowest BCUT2D eigenvalue weighted by Gasteiger charge is -1.95. The van der Waals surface area contributed by atoms with Gasteiger partial charge in [-0.25, -0.2) is 4.39 Å². The molecule has 13 heavy (non-hydrogen) atoms. The third-order valence-electron chi connectivity index (χ3n) is 1.64. The predicted octanol–water partition coefficient (Wildman–Crippen LogP) is 2.81. The minimum Gasteiger partial charge on any atom is -0.207 e. The fraction of sp³-hybridized carbons (Fsp3) is 0.273. The highest BCUT2D eigenvalue weighted by molar-refractivity contribution is 7.80. The molecule has 1 aromatic carbocycles. The Kier molecular flexibility index (Phi) is 3.85. The van der Waals surface area contributed by atoms with Gasteiger partial charge < -0.3 is 0 Å². The van der Waals surface area contributed by atoms with Crippen molar-refractivity contribution in [3.05, 3.63) is 35.1 Å². The molecule has 0 aliphatic carbocycles. The lowest BCUT2D eigenvalue weighted by atomic mass is 10.1. The Morgan fingerprint density at radius 2 is 2.23 bits per heavy atom. The molecular formula is C11H11FS. The van der Waals surface area contributed by atoms with Crippen LogP contribution in [0.1, 0.15) is 17.5 Å². The summed E-state index contributed by atoms with van der Waals surface area (Å²) in [7, 11) is 0. The SMILES string of the molecule is Cc1ccc(C#CCCS)cc1F. The van der Waals surface area contributed by atoms with E-state index in [0.717, 1.165) is 17.7 Å². The van der Waals surface area contributed by atoms with Crippen LogP contribution in [0, 0.1) is 24.6 Å². The van der Waals surface area contributed by atoms with Gasteiger partial charge >= 0.3 is 0 Å². The molecule has 0 saturated carbocycles. The van der Waals surface area contributed by atoms with E-state index in [4.69, 9.17) is 0 Å². The summed E-state index contributed by atoms with van der Waals surface area (Å²) in [6, 6.07) is 5.02. The number of hydrogen-bond acceptors (Lipinski definition) is 1. The fourth-order valence-electron chi connectivity index (χ4n) is 0.891. The Bertz CT molecular complexity index is 347. The van der Waals surface area contributed by atoms with Gasteiger partial charge in [-0.1, -0.05) is 17.9 Å². The van der Waals surface area contributed by atoms with Crippen LogP contribution in [0.5, 0.6) is 0 Å². The van der Waals surface area contributed by atoms with E-state index in [1.807, 2.05) is 6.07 Å². The third-order valence-corrected chi connectivity index (χ3v) is 1.86. The summed E-state index contributed by atoms with van der Waals surface area (Å²) >= 11 is 4.03. The van der Waals surface area contributed by atoms with Crippen molar-refractivity contribution in [2.45, 2.75) is 13.3 Å². The third kappa shape index (κ3) is 3.12. The number of halogens is 1. The molecule has 0 N–H and O–H groups in total. The van der Waals surface area contributed by atoms with Gasteiger partial charge in [0.25, 0.3) is 0 Å². The number of rotatable bonds is 1. The molecule has 2 heteroatoms. The van der Waals surface area contributed by atoms with Crippen molar-refractivity contribution >= 4 is 12.6 Å². The van der Waals surface area contributed by atoms with Crippen molar-refractivity contribution in [3.63, 3.8) is 0 Å². The number of thiol groups is 1. The van der Waals surface area contributed by atoms with Crippen molar-refractivity contribution in [1.82, 2.24) is 0 Å². The highest BCUT2D eigenvalue weighted by Crippen LogP contribution is 2.07. The van der Waals surface area contributed by atoms with Crippen LogP contribution in [0.3, 0.4) is 0 Å². The molecule has 0 radical (unpaired) electrons. The normalized spacial score (nSPS) is 9.15. The largest absolute Gasteiger partial charge is 0.207 e. The molecule has 0 spiro atoms. The topological polar surface area (TPSA) is 0 Å². The molecular weight excluding hydrogens is 183 g/mol. The van der Waals surface area contributed by atoms with Gasteiger partial charge in [-0.3, -0.25) is 0 Å². The van der Waals surface area contributed by atoms with Crippen molar-refractivity contribution in [2.75, 3.05) is 5.75 Å². The zero-order valence-electron chi connectivity index (χ0n) is 7.47. The molecule has 0 heterocycles. The number of hydrogen-bond donors (Lipinski definition) is 1. The predicted molar refractivity (Wildman–Crippen MR) is 56.5 cm³/mol. The first-order valence-electron chi connectivity index (χ1n) is 4.10. The molecule has 0 aromatic heterocycles. The molecule has 0 bridgehead atoms. The van der Waals surface area contributed by atoms with Gasteiger partial charge in [0.1, 0.15) is 5.82 Å². The van der Waals surface area contributed by atoms with Crippen LogP contribution in [0.2, 0.25) is 0 Å². The van der Waals surface area contributed by atoms with Crippen molar-refractivity contribution < 1.29 is 4.39 Å². The average Bonchev–Trinajstić information content (AvgIpc) is 2.12. The van der Waals surface area contributed by atoms with Crippen molar-refractivity contribution in [1.29, 1.82) is 0 Å². The molecule has 1 rings (SSSR count). The molecule has 0 amide bonds. The van der Waals surface area contributed by atoms with Crippen LogP contribution in [0.25, 0.3) is 0 Å². The zero-order chi connectivity index (χ0) is 9.68. The van der Waals surface area contributed by atoms with Gasteiger partial charge in [0, 0.05) is 17.7 Å². The molecule has 1 aromatic rings. The van der Waals surface area contributed by atoms with Crippen LogP contribution in [0.15, 0.2) is 18.2 Å². The first-order valence-corrected chi connectivity index (χ1v) is 4.73. The van der Waals surface area contributed by atoms with Crippen LogP contribution in [-0.2, 0) is 0 Å². The summed E-state index contributed by atoms with van der Waals surface area (Å²) in [5.74, 6) is 6.32. The van der Waals surface area contributed by atoms with Crippen LogP contribution >= 0.6 is 12.6 Å². The maximum Gasteiger partial charge on any atom is 0.127 e. The van der Waals surface area contributed by atoms with Crippen LogP contribution in [-0.4, -0.2) is 5.75 Å². The first kappa shape index (κ1) is 10.1. The van der Waals surface area contributed by atoms with Gasteiger partial charge in [-0.15, -0.1) is 0 Å². The maximum atomic E-state index is 13.0. The van der Waals surface area contributed by atoms with Gasteiger partial charge in [-0.05, 0) is 24.6 Å². The summed E-state index contributed by atoms with van der Waals surface area (Å²) in [4.78, 5) is 0. The van der Waals surface area contributed by atoms with Crippen molar-refractivity contribution in [2.24, 2.45) is 0 Å². The molecule has 0 saturated heterocycles. The number of aryl methyl sites for hydroxylation is 1. The summed E-state index contributed by atoms with van der Waals surface area (Å²) in [5.41, 5.74) is 1.38. The molecule has 68 valence electrons. The van der Waals surface area contributed by atoms with Gasteiger partial charge in [0.2, 0.25) is 0 Å². The smallest absolute Gasteiger partial charge is 0.127 e. The second kappa shape index (κ2) is 4.94. The minimum absolute atomic E-state index is 0.197. The maximum absolute atomic E-state index is 13.0. The molecule has 0 fully saturated rings. The van der Waals surface area contributed by atoms with Gasteiger partial charge in [0.05, 0.1) is 0 Å². The Labute approximate surface area is 83.6 Å². The lowest BCUT2D eigenvalue weighted by molar-refractivity contribution is 0.618. The van der Waals surface area contributed by atoms with E-state index in [2.05, 4.69) is 24.5 Å². The Morgan fingerprint density at radius 3 is 2.85 bits per heavy atom. The Balaban J connectivity index is 2.81. The zero-order valence-corrected chi connectivity index (χ0v) is 8.37. The Hall–Kier alpha value is -0.940. The molecule has 0 atom stereocenters. The summed E-state index contributed by atoms with van der Waals surface area (Å²) in [6.07, 6.45) is 0.735. The monoisotopic (exact) mass is 194 g/mol. The van der Waals surface area contributed by atoms with Gasteiger partial charge in [0.15, 0.2) is 0 Å². The number of benzene rings is 1. The van der Waals surface area contributed by atoms with Crippen molar-refractivity contribution in [3.8, 4) is 11.8 Å². The van der Waals surface area contributed by atoms with E-state index in [-0.39, 0.29) is 5.82 Å². The summed E-state index contributed by atoms with van der Waals surface area (Å²) in [5, 5.41) is 0. The van der Waals surface area contributed by atoms with E-state index >= 15 is 0 Å². The first-order chi connectivity index (χ1) is 6.24. The van der Waals surface area contributed by atoms with E-state index in [1.54, 1.807) is 13.0 Å². The van der Waals surface area contributed by atoms with E-state index in [9.17, 15) is 4.39 Å². The summed E-state index contributed by atoms with van der Waals surface area (Å²) < 4.78 is 13.0. The van der Waals surface area contributed by atoms with E-state index in [1.165, 1.54) is 6.07 Å².